The lowest BCUT2D eigenvalue weighted by atomic mass is 10.1. The minimum Gasteiger partial charge on any atom is -0.444 e. The summed E-state index contributed by atoms with van der Waals surface area (Å²) in [6.45, 7) is 0.749. The molecule has 1 N–H and O–H groups in total. The predicted octanol–water partition coefficient (Wildman–Crippen LogP) is 1.73. The van der Waals surface area contributed by atoms with Gasteiger partial charge in [-0.25, -0.2) is 22.6 Å². The van der Waals surface area contributed by atoms with Gasteiger partial charge >= 0.3 is 6.09 Å². The maximum atomic E-state index is 14.9. The van der Waals surface area contributed by atoms with Crippen LogP contribution in [0.15, 0.2) is 36.5 Å². The molecule has 4 rings (SSSR count). The van der Waals surface area contributed by atoms with Crippen LogP contribution in [-0.4, -0.2) is 75.5 Å². The van der Waals surface area contributed by atoms with Crippen molar-refractivity contribution in [3.8, 4) is 11.1 Å². The summed E-state index contributed by atoms with van der Waals surface area (Å²) in [6.07, 6.45) is -0.0186. The molecule has 33 heavy (non-hydrogen) atoms. The number of benzene rings is 1. The van der Waals surface area contributed by atoms with E-state index in [2.05, 4.69) is 4.98 Å². The van der Waals surface area contributed by atoms with Crippen molar-refractivity contribution in [2.24, 2.45) is 0 Å². The Hall–Kier alpha value is -2.77. The first-order valence-corrected chi connectivity index (χ1v) is 13.6. The molecule has 2 saturated heterocycles. The van der Waals surface area contributed by atoms with Crippen LogP contribution in [0.1, 0.15) is 6.42 Å². The van der Waals surface area contributed by atoms with E-state index < -0.39 is 43.7 Å². The molecule has 178 valence electrons. The van der Waals surface area contributed by atoms with E-state index in [9.17, 15) is 26.0 Å². The van der Waals surface area contributed by atoms with Crippen LogP contribution in [-0.2, 0) is 24.7 Å². The molecule has 13 heteroatoms. The molecule has 1 amide bonds. The van der Waals surface area contributed by atoms with Crippen LogP contribution in [0.4, 0.5) is 20.7 Å². The predicted molar refractivity (Wildman–Crippen MR) is 119 cm³/mol. The molecule has 1 aromatic carbocycles. The lowest BCUT2D eigenvalue weighted by Crippen LogP contribution is -2.40. The van der Waals surface area contributed by atoms with Crippen molar-refractivity contribution in [1.29, 1.82) is 0 Å². The molecule has 0 spiro atoms. The zero-order chi connectivity index (χ0) is 23.8. The van der Waals surface area contributed by atoms with Gasteiger partial charge in [0.15, 0.2) is 9.84 Å². The second-order valence-corrected chi connectivity index (χ2v) is 11.8. The van der Waals surface area contributed by atoms with Crippen molar-refractivity contribution >= 4 is 37.6 Å². The lowest BCUT2D eigenvalue weighted by molar-refractivity contribution is 0.139. The zero-order valence-electron chi connectivity index (χ0n) is 17.4. The molecule has 1 atom stereocenters. The van der Waals surface area contributed by atoms with E-state index in [1.165, 1.54) is 23.2 Å². The fourth-order valence-corrected chi connectivity index (χ4v) is 5.51. The summed E-state index contributed by atoms with van der Waals surface area (Å²) < 4.78 is 73.8. The van der Waals surface area contributed by atoms with Gasteiger partial charge in [0.1, 0.15) is 17.7 Å². The quantitative estimate of drug-likeness (QED) is 0.590. The molecular formula is C20H22FN3O7S2. The first-order chi connectivity index (χ1) is 15.5. The Labute approximate surface area is 190 Å². The standard InChI is InChI=1S/C20H22FN3O7S2/c21-18-11-15(24-13-16(31-20(24)25)5-8-33(28,29)30)2-3-17(18)14-1-4-19(22-12-14)23-6-9-32(26,27)10-7-23/h1-4,11-12,16H,5-10,13H2,(H,28,29,30)/t16-/m1/s1. The van der Waals surface area contributed by atoms with E-state index in [0.717, 1.165) is 0 Å². The number of nitrogens with zero attached hydrogens (tertiary/aromatic N) is 3. The molecule has 0 saturated carbocycles. The third kappa shape index (κ3) is 5.60. The average molecular weight is 500 g/mol. The van der Waals surface area contributed by atoms with Crippen LogP contribution in [0.2, 0.25) is 0 Å². The maximum Gasteiger partial charge on any atom is 0.414 e. The van der Waals surface area contributed by atoms with Gasteiger partial charge in [0.25, 0.3) is 10.1 Å². The van der Waals surface area contributed by atoms with Gasteiger partial charge in [-0.2, -0.15) is 8.42 Å². The number of hydrogen-bond acceptors (Lipinski definition) is 8. The number of carbonyl (C=O) groups is 1. The van der Waals surface area contributed by atoms with Crippen molar-refractivity contribution < 1.29 is 35.3 Å². The van der Waals surface area contributed by atoms with Gasteiger partial charge in [0, 0.05) is 36.8 Å². The van der Waals surface area contributed by atoms with Gasteiger partial charge in [-0.1, -0.05) is 0 Å². The van der Waals surface area contributed by atoms with Crippen molar-refractivity contribution in [2.45, 2.75) is 12.5 Å². The number of sulfone groups is 1. The molecule has 2 aliphatic rings. The number of halogens is 1. The van der Waals surface area contributed by atoms with Crippen LogP contribution in [0.3, 0.4) is 0 Å². The SMILES string of the molecule is O=C1O[C@H](CCS(=O)(=O)O)CN1c1ccc(-c2ccc(N3CCS(=O)(=O)CC3)nc2)c(F)c1. The molecule has 0 unspecified atom stereocenters. The summed E-state index contributed by atoms with van der Waals surface area (Å²) in [5.74, 6) is -0.367. The number of cyclic esters (lactones) is 1. The Morgan fingerprint density at radius 1 is 1.18 bits per heavy atom. The van der Waals surface area contributed by atoms with Gasteiger partial charge < -0.3 is 9.64 Å². The van der Waals surface area contributed by atoms with E-state index >= 15 is 0 Å². The zero-order valence-corrected chi connectivity index (χ0v) is 19.1. The molecule has 0 aliphatic carbocycles. The summed E-state index contributed by atoms with van der Waals surface area (Å²) in [6, 6.07) is 7.64. The molecule has 1 aromatic heterocycles. The minimum absolute atomic E-state index is 0.0367. The van der Waals surface area contributed by atoms with Crippen LogP contribution >= 0.6 is 0 Å². The van der Waals surface area contributed by atoms with Gasteiger partial charge in [-0.3, -0.25) is 9.45 Å². The summed E-state index contributed by atoms with van der Waals surface area (Å²) in [7, 11) is -7.18. The van der Waals surface area contributed by atoms with Crippen molar-refractivity contribution in [3.05, 3.63) is 42.3 Å². The minimum atomic E-state index is -4.18. The number of anilines is 2. The van der Waals surface area contributed by atoms with Gasteiger partial charge in [-0.15, -0.1) is 0 Å². The highest BCUT2D eigenvalue weighted by molar-refractivity contribution is 7.91. The van der Waals surface area contributed by atoms with Gasteiger partial charge in [-0.05, 0) is 30.3 Å². The van der Waals surface area contributed by atoms with Crippen LogP contribution in [0, 0.1) is 5.82 Å². The van der Waals surface area contributed by atoms with Crippen molar-refractivity contribution in [3.63, 3.8) is 0 Å². The Balaban J connectivity index is 1.45. The molecule has 10 nitrogen and oxygen atoms in total. The van der Waals surface area contributed by atoms with Crippen molar-refractivity contribution in [1.82, 2.24) is 4.98 Å². The normalized spacial score (nSPS) is 20.7. The summed E-state index contributed by atoms with van der Waals surface area (Å²) >= 11 is 0. The lowest BCUT2D eigenvalue weighted by Gasteiger charge is -2.27. The Morgan fingerprint density at radius 3 is 2.52 bits per heavy atom. The van der Waals surface area contributed by atoms with E-state index in [4.69, 9.17) is 9.29 Å². The van der Waals surface area contributed by atoms with Gasteiger partial charge in [0.2, 0.25) is 0 Å². The topological polar surface area (TPSA) is 134 Å². The number of carbonyl (C=O) groups excluding carboxylic acids is 1. The maximum absolute atomic E-state index is 14.9. The Morgan fingerprint density at radius 2 is 1.91 bits per heavy atom. The third-order valence-electron chi connectivity index (χ3n) is 5.56. The fraction of sp³-hybridized carbons (Fsp3) is 0.400. The number of ether oxygens (including phenoxy) is 1. The van der Waals surface area contributed by atoms with E-state index in [1.807, 2.05) is 4.90 Å². The molecule has 3 heterocycles. The van der Waals surface area contributed by atoms with Crippen LogP contribution in [0.25, 0.3) is 11.1 Å². The molecule has 2 aliphatic heterocycles. The number of pyridine rings is 1. The highest BCUT2D eigenvalue weighted by Crippen LogP contribution is 2.30. The monoisotopic (exact) mass is 499 g/mol. The van der Waals surface area contributed by atoms with Crippen LogP contribution in [0.5, 0.6) is 0 Å². The Kier molecular flexibility index (Phi) is 6.29. The third-order valence-corrected chi connectivity index (χ3v) is 7.92. The summed E-state index contributed by atoms with van der Waals surface area (Å²) in [5, 5.41) is 0. The summed E-state index contributed by atoms with van der Waals surface area (Å²) in [5.41, 5.74) is 1.05. The number of hydrogen-bond donors (Lipinski definition) is 1. The fourth-order valence-electron chi connectivity index (χ4n) is 3.74. The summed E-state index contributed by atoms with van der Waals surface area (Å²) in [4.78, 5) is 19.5. The highest BCUT2D eigenvalue weighted by atomic mass is 32.2. The number of amides is 1. The Bertz CT molecular complexity index is 1250. The first-order valence-electron chi connectivity index (χ1n) is 10.2. The van der Waals surface area contributed by atoms with E-state index in [1.54, 1.807) is 18.2 Å². The molecular weight excluding hydrogens is 477 g/mol. The first kappa shape index (κ1) is 23.4. The number of aromatic nitrogens is 1. The smallest absolute Gasteiger partial charge is 0.414 e. The van der Waals surface area contributed by atoms with Crippen LogP contribution < -0.4 is 9.80 Å². The largest absolute Gasteiger partial charge is 0.444 e. The van der Waals surface area contributed by atoms with E-state index in [-0.39, 0.29) is 35.7 Å². The number of rotatable bonds is 6. The second-order valence-electron chi connectivity index (χ2n) is 7.90. The molecule has 0 radical (unpaired) electrons. The van der Waals surface area contributed by atoms with Gasteiger partial charge in [0.05, 0.1) is 29.5 Å². The molecule has 2 fully saturated rings. The average Bonchev–Trinajstić information content (AvgIpc) is 3.13. The molecule has 2 aromatic rings. The highest BCUT2D eigenvalue weighted by Gasteiger charge is 2.33. The van der Waals surface area contributed by atoms with Crippen molar-refractivity contribution in [2.75, 3.05) is 46.7 Å². The molecule has 0 bridgehead atoms. The van der Waals surface area contributed by atoms with E-state index in [0.29, 0.717) is 24.5 Å². The second kappa shape index (κ2) is 8.88.